The number of hydrogen-bond acceptors (Lipinski definition) is 7. The molecule has 0 spiro atoms. The van der Waals surface area contributed by atoms with E-state index in [1.807, 2.05) is 71.1 Å². The lowest BCUT2D eigenvalue weighted by molar-refractivity contribution is 0.0205. The Morgan fingerprint density at radius 3 is 2.49 bits per heavy atom. The summed E-state index contributed by atoms with van der Waals surface area (Å²) in [6, 6.07) is 7.43. The number of carbonyl (C=O) groups is 1. The Labute approximate surface area is 215 Å². The molecule has 1 fully saturated rings. The van der Waals surface area contributed by atoms with Crippen LogP contribution in [-0.2, 0) is 11.8 Å². The van der Waals surface area contributed by atoms with Gasteiger partial charge < -0.3 is 14.5 Å². The van der Waals surface area contributed by atoms with Gasteiger partial charge in [0.2, 0.25) is 5.95 Å². The van der Waals surface area contributed by atoms with Gasteiger partial charge in [-0.1, -0.05) is 0 Å². The Bertz CT molecular complexity index is 1490. The maximum absolute atomic E-state index is 15.3. The molecule has 1 aliphatic heterocycles. The molecule has 2 aromatic heterocycles. The number of piperidine rings is 1. The van der Waals surface area contributed by atoms with Crippen molar-refractivity contribution in [2.45, 2.75) is 52.2 Å². The number of fused-ring (bicyclic) bond motifs is 2. The lowest BCUT2D eigenvalue weighted by Gasteiger charge is -2.37. The molecule has 10 heteroatoms. The third-order valence-corrected chi connectivity index (χ3v) is 6.73. The fraction of sp³-hybridized carbons (Fsp3) is 0.444. The minimum atomic E-state index is -0.524. The van der Waals surface area contributed by atoms with Gasteiger partial charge in [-0.2, -0.15) is 5.10 Å². The molecule has 194 valence electrons. The molecule has 0 bridgehead atoms. The number of nitrogens with zero attached hydrogens (tertiary/aromatic N) is 7. The van der Waals surface area contributed by atoms with Crippen LogP contribution in [0.2, 0.25) is 0 Å². The molecule has 1 aliphatic rings. The summed E-state index contributed by atoms with van der Waals surface area (Å²) < 4.78 is 22.5. The minimum Gasteiger partial charge on any atom is -0.444 e. The number of hydrogen-bond donors (Lipinski definition) is 0. The fourth-order valence-corrected chi connectivity index (χ4v) is 4.83. The van der Waals surface area contributed by atoms with Crippen LogP contribution in [0.25, 0.3) is 33.1 Å². The molecule has 5 rings (SSSR count). The normalized spacial score (nSPS) is 14.9. The van der Waals surface area contributed by atoms with E-state index in [-0.39, 0.29) is 17.7 Å². The lowest BCUT2D eigenvalue weighted by atomic mass is 10.0. The smallest absolute Gasteiger partial charge is 0.410 e. The van der Waals surface area contributed by atoms with E-state index in [9.17, 15) is 4.79 Å². The van der Waals surface area contributed by atoms with Gasteiger partial charge in [0.25, 0.3) is 0 Å². The largest absolute Gasteiger partial charge is 0.444 e. The molecule has 0 unspecified atom stereocenters. The second-order valence-corrected chi connectivity index (χ2v) is 10.8. The molecule has 1 saturated heterocycles. The van der Waals surface area contributed by atoms with Crippen LogP contribution in [0.5, 0.6) is 0 Å². The first-order valence-electron chi connectivity index (χ1n) is 12.5. The van der Waals surface area contributed by atoms with Gasteiger partial charge in [0.15, 0.2) is 5.82 Å². The van der Waals surface area contributed by atoms with Gasteiger partial charge in [-0.3, -0.25) is 4.68 Å². The minimum absolute atomic E-state index is 0.106. The average Bonchev–Trinajstić information content (AvgIpc) is 3.23. The highest BCUT2D eigenvalue weighted by Gasteiger charge is 2.29. The number of amides is 1. The van der Waals surface area contributed by atoms with Crippen LogP contribution >= 0.6 is 0 Å². The van der Waals surface area contributed by atoms with Crippen LogP contribution in [0.3, 0.4) is 0 Å². The number of anilines is 1. The van der Waals surface area contributed by atoms with E-state index < -0.39 is 11.4 Å². The summed E-state index contributed by atoms with van der Waals surface area (Å²) in [7, 11) is 3.77. The molecule has 0 radical (unpaired) electrons. The lowest BCUT2D eigenvalue weighted by Crippen LogP contribution is -2.47. The highest BCUT2D eigenvalue weighted by Crippen LogP contribution is 2.30. The average molecular weight is 506 g/mol. The third-order valence-electron chi connectivity index (χ3n) is 6.73. The molecular formula is C27H32FN7O2. The van der Waals surface area contributed by atoms with Crippen molar-refractivity contribution in [3.63, 3.8) is 0 Å². The summed E-state index contributed by atoms with van der Waals surface area (Å²) in [4.78, 5) is 20.5. The van der Waals surface area contributed by atoms with E-state index >= 15 is 4.39 Å². The summed E-state index contributed by atoms with van der Waals surface area (Å²) in [6.07, 6.45) is 3.11. The Morgan fingerprint density at radius 1 is 1.08 bits per heavy atom. The molecule has 3 heterocycles. The zero-order valence-corrected chi connectivity index (χ0v) is 22.1. The Hall–Kier alpha value is -3.82. The predicted molar refractivity (Wildman–Crippen MR) is 141 cm³/mol. The molecular weight excluding hydrogens is 473 g/mol. The molecule has 0 aliphatic carbocycles. The van der Waals surface area contributed by atoms with Gasteiger partial charge in [0.05, 0.1) is 5.52 Å². The van der Waals surface area contributed by atoms with Crippen molar-refractivity contribution in [2.24, 2.45) is 7.05 Å². The Morgan fingerprint density at radius 2 is 1.78 bits per heavy atom. The standard InChI is InChI=1S/C27H32FN7O2/c1-16-11-17(12-19-15-33(5)32-23(16)19)18-13-21(28)24-22(14-18)30-31-25(29-24)34(6)20-7-9-35(10-8-20)26(36)37-27(2,3)4/h11-15,20H,7-10H2,1-6H3. The van der Waals surface area contributed by atoms with Crippen LogP contribution < -0.4 is 4.90 Å². The van der Waals surface area contributed by atoms with Gasteiger partial charge in [-0.25, -0.2) is 14.2 Å². The Balaban J connectivity index is 1.35. The van der Waals surface area contributed by atoms with Crippen molar-refractivity contribution in [2.75, 3.05) is 25.0 Å². The van der Waals surface area contributed by atoms with Crippen molar-refractivity contribution in [1.29, 1.82) is 0 Å². The zero-order valence-electron chi connectivity index (χ0n) is 22.1. The van der Waals surface area contributed by atoms with E-state index in [0.717, 1.165) is 34.9 Å². The van der Waals surface area contributed by atoms with Crippen molar-refractivity contribution >= 4 is 34.0 Å². The monoisotopic (exact) mass is 505 g/mol. The molecule has 9 nitrogen and oxygen atoms in total. The number of ether oxygens (including phenoxy) is 1. The Kier molecular flexibility index (Phi) is 6.21. The van der Waals surface area contributed by atoms with Gasteiger partial charge in [-0.15, -0.1) is 10.2 Å². The van der Waals surface area contributed by atoms with Crippen molar-refractivity contribution in [3.8, 4) is 11.1 Å². The number of halogens is 1. The predicted octanol–water partition coefficient (Wildman–Crippen LogP) is 4.86. The summed E-state index contributed by atoms with van der Waals surface area (Å²) >= 11 is 0. The second-order valence-electron chi connectivity index (χ2n) is 10.8. The molecule has 0 atom stereocenters. The molecule has 1 amide bonds. The second kappa shape index (κ2) is 9.24. The van der Waals surface area contributed by atoms with E-state index in [2.05, 4.69) is 20.3 Å². The van der Waals surface area contributed by atoms with E-state index in [1.165, 1.54) is 6.07 Å². The molecule has 2 aromatic carbocycles. The summed E-state index contributed by atoms with van der Waals surface area (Å²) in [6.45, 7) is 8.72. The summed E-state index contributed by atoms with van der Waals surface area (Å²) in [5.74, 6) is -0.0803. The maximum atomic E-state index is 15.3. The van der Waals surface area contributed by atoms with E-state index in [4.69, 9.17) is 4.74 Å². The molecule has 0 N–H and O–H groups in total. The summed E-state index contributed by atoms with van der Waals surface area (Å²) in [5, 5.41) is 14.1. The number of benzene rings is 2. The highest BCUT2D eigenvalue weighted by atomic mass is 19.1. The molecule has 0 saturated carbocycles. The van der Waals surface area contributed by atoms with Crippen LogP contribution in [0.1, 0.15) is 39.2 Å². The quantitative estimate of drug-likeness (QED) is 0.393. The highest BCUT2D eigenvalue weighted by molar-refractivity contribution is 5.89. The molecule has 37 heavy (non-hydrogen) atoms. The first kappa shape index (κ1) is 24.9. The number of aryl methyl sites for hydroxylation is 2. The van der Waals surface area contributed by atoms with Crippen LogP contribution in [-0.4, -0.2) is 67.7 Å². The van der Waals surface area contributed by atoms with E-state index in [1.54, 1.807) is 9.58 Å². The number of rotatable bonds is 3. The summed E-state index contributed by atoms with van der Waals surface area (Å²) in [5.41, 5.74) is 3.61. The van der Waals surface area contributed by atoms with Crippen molar-refractivity contribution < 1.29 is 13.9 Å². The van der Waals surface area contributed by atoms with Crippen molar-refractivity contribution in [3.05, 3.63) is 41.8 Å². The first-order chi connectivity index (χ1) is 17.5. The van der Waals surface area contributed by atoms with Crippen molar-refractivity contribution in [1.82, 2.24) is 29.9 Å². The van der Waals surface area contributed by atoms with E-state index in [0.29, 0.717) is 30.1 Å². The SMILES string of the molecule is Cc1cc(-c2cc(F)c3nc(N(C)C4CCN(C(=O)OC(C)(C)C)CC4)nnc3c2)cc2cn(C)nc12. The molecule has 4 aromatic rings. The van der Waals surface area contributed by atoms with Gasteiger partial charge in [-0.05, 0) is 81.5 Å². The maximum Gasteiger partial charge on any atom is 0.410 e. The number of carbonyl (C=O) groups excluding carboxylic acids is 1. The van der Waals surface area contributed by atoms with Gasteiger partial charge in [0.1, 0.15) is 16.6 Å². The van der Waals surface area contributed by atoms with Crippen LogP contribution in [0, 0.1) is 12.7 Å². The third kappa shape index (κ3) is 5.05. The fourth-order valence-electron chi connectivity index (χ4n) is 4.83. The van der Waals surface area contributed by atoms with Crippen LogP contribution in [0.15, 0.2) is 30.5 Å². The first-order valence-corrected chi connectivity index (χ1v) is 12.5. The number of likely N-dealkylation sites (tertiary alicyclic amines) is 1. The van der Waals surface area contributed by atoms with Gasteiger partial charge in [0, 0.05) is 44.8 Å². The number of aromatic nitrogens is 5. The van der Waals surface area contributed by atoms with Gasteiger partial charge >= 0.3 is 6.09 Å². The topological polar surface area (TPSA) is 89.3 Å². The zero-order chi connectivity index (χ0) is 26.5. The van der Waals surface area contributed by atoms with Crippen LogP contribution in [0.4, 0.5) is 15.1 Å².